The van der Waals surface area contributed by atoms with Crippen LogP contribution in [-0.4, -0.2) is 67.2 Å². The summed E-state index contributed by atoms with van der Waals surface area (Å²) in [5, 5.41) is 0. The molecule has 22 heavy (non-hydrogen) atoms. The fourth-order valence-electron chi connectivity index (χ4n) is 4.28. The van der Waals surface area contributed by atoms with Crippen molar-refractivity contribution in [3.05, 3.63) is 0 Å². The summed E-state index contributed by atoms with van der Waals surface area (Å²) in [6, 6.07) is 0.432. The number of amides is 1. The number of hydrogen-bond acceptors (Lipinski definition) is 4. The molecule has 2 heterocycles. The van der Waals surface area contributed by atoms with Gasteiger partial charge >= 0.3 is 0 Å². The second-order valence-corrected chi connectivity index (χ2v) is 7.13. The zero-order valence-electron chi connectivity index (χ0n) is 13.7. The van der Waals surface area contributed by atoms with Crippen molar-refractivity contribution >= 4 is 5.91 Å². The van der Waals surface area contributed by atoms with E-state index in [1.807, 2.05) is 4.90 Å². The summed E-state index contributed by atoms with van der Waals surface area (Å²) in [7, 11) is 0. The molecule has 0 spiro atoms. The summed E-state index contributed by atoms with van der Waals surface area (Å²) in [4.78, 5) is 17.4. The zero-order valence-corrected chi connectivity index (χ0v) is 13.7. The fraction of sp³-hybridized carbons (Fsp3) is 0.941. The van der Waals surface area contributed by atoms with E-state index >= 15 is 0 Å². The first-order valence-electron chi connectivity index (χ1n) is 9.12. The molecular weight excluding hydrogens is 278 g/mol. The van der Waals surface area contributed by atoms with Crippen LogP contribution in [0.5, 0.6) is 0 Å². The Morgan fingerprint density at radius 2 is 1.68 bits per heavy atom. The van der Waals surface area contributed by atoms with Gasteiger partial charge in [0, 0.05) is 45.4 Å². The van der Waals surface area contributed by atoms with Gasteiger partial charge in [-0.15, -0.1) is 0 Å². The molecule has 5 nitrogen and oxygen atoms in total. The van der Waals surface area contributed by atoms with Crippen molar-refractivity contribution in [2.45, 2.75) is 57.0 Å². The lowest BCUT2D eigenvalue weighted by Crippen LogP contribution is -2.50. The molecule has 0 aromatic rings. The van der Waals surface area contributed by atoms with Crippen molar-refractivity contribution in [1.82, 2.24) is 9.80 Å². The molecule has 1 unspecified atom stereocenters. The van der Waals surface area contributed by atoms with E-state index in [0.717, 1.165) is 64.7 Å². The Morgan fingerprint density at radius 3 is 2.41 bits per heavy atom. The lowest BCUT2D eigenvalue weighted by atomic mass is 9.91. The minimum absolute atomic E-state index is 0.167. The molecule has 0 aromatic heterocycles. The van der Waals surface area contributed by atoms with Gasteiger partial charge < -0.3 is 15.4 Å². The van der Waals surface area contributed by atoms with Crippen molar-refractivity contribution in [1.29, 1.82) is 0 Å². The maximum atomic E-state index is 12.7. The molecule has 0 radical (unpaired) electrons. The van der Waals surface area contributed by atoms with Crippen LogP contribution in [0.25, 0.3) is 0 Å². The van der Waals surface area contributed by atoms with Crippen LogP contribution >= 0.6 is 0 Å². The van der Waals surface area contributed by atoms with Gasteiger partial charge in [0.05, 0.1) is 6.04 Å². The first kappa shape index (κ1) is 16.2. The van der Waals surface area contributed by atoms with E-state index in [1.54, 1.807) is 0 Å². The van der Waals surface area contributed by atoms with E-state index in [-0.39, 0.29) is 11.9 Å². The zero-order chi connectivity index (χ0) is 15.4. The molecule has 1 amide bonds. The summed E-state index contributed by atoms with van der Waals surface area (Å²) in [6.45, 7) is 5.39. The van der Waals surface area contributed by atoms with Crippen molar-refractivity contribution in [2.75, 3.05) is 39.4 Å². The molecule has 1 saturated carbocycles. The predicted octanol–water partition coefficient (Wildman–Crippen LogP) is 1.22. The number of rotatable bonds is 3. The Kier molecular flexibility index (Phi) is 5.71. The second-order valence-electron chi connectivity index (χ2n) is 7.13. The van der Waals surface area contributed by atoms with Gasteiger partial charge in [0.15, 0.2) is 0 Å². The third-order valence-electron chi connectivity index (χ3n) is 5.74. The van der Waals surface area contributed by atoms with E-state index in [0.29, 0.717) is 5.92 Å². The lowest BCUT2D eigenvalue weighted by molar-refractivity contribution is -0.134. The third kappa shape index (κ3) is 3.81. The summed E-state index contributed by atoms with van der Waals surface area (Å²) in [6.07, 6.45) is 8.37. The Hall–Kier alpha value is -0.650. The number of ether oxygens (including phenoxy) is 1. The standard InChI is InChI=1S/C17H31N3O2/c18-16(14-6-12-22-13-7-14)17(21)20-9-3-8-19(10-11-20)15-4-1-2-5-15/h14-16H,1-13,18H2. The van der Waals surface area contributed by atoms with Crippen LogP contribution in [0.3, 0.4) is 0 Å². The van der Waals surface area contributed by atoms with Crippen LogP contribution in [0.2, 0.25) is 0 Å². The van der Waals surface area contributed by atoms with E-state index in [9.17, 15) is 4.79 Å². The van der Waals surface area contributed by atoms with Crippen molar-refractivity contribution in [3.63, 3.8) is 0 Å². The Labute approximate surface area is 134 Å². The molecule has 3 rings (SSSR count). The number of carbonyl (C=O) groups excluding carboxylic acids is 1. The molecule has 2 N–H and O–H groups in total. The predicted molar refractivity (Wildman–Crippen MR) is 86.5 cm³/mol. The van der Waals surface area contributed by atoms with Crippen LogP contribution < -0.4 is 5.73 Å². The van der Waals surface area contributed by atoms with Gasteiger partial charge in [0.1, 0.15) is 0 Å². The highest BCUT2D eigenvalue weighted by Gasteiger charge is 2.32. The van der Waals surface area contributed by atoms with E-state index in [4.69, 9.17) is 10.5 Å². The van der Waals surface area contributed by atoms with Gasteiger partial charge in [-0.3, -0.25) is 9.69 Å². The third-order valence-corrected chi connectivity index (χ3v) is 5.74. The van der Waals surface area contributed by atoms with Gasteiger partial charge in [-0.2, -0.15) is 0 Å². The summed E-state index contributed by atoms with van der Waals surface area (Å²) in [5.74, 6) is 0.468. The average Bonchev–Trinajstić information content (AvgIpc) is 2.99. The van der Waals surface area contributed by atoms with Crippen LogP contribution in [0.1, 0.15) is 44.9 Å². The Balaban J connectivity index is 1.52. The lowest BCUT2D eigenvalue weighted by Gasteiger charge is -2.31. The number of nitrogens with two attached hydrogens (primary N) is 1. The molecule has 0 aromatic carbocycles. The molecule has 1 atom stereocenters. The SMILES string of the molecule is NC(C(=O)N1CCCN(C2CCCC2)CC1)C1CCOCC1. The van der Waals surface area contributed by atoms with Gasteiger partial charge in [-0.05, 0) is 38.0 Å². The molecule has 5 heteroatoms. The highest BCUT2D eigenvalue weighted by Crippen LogP contribution is 2.25. The molecule has 2 aliphatic heterocycles. The van der Waals surface area contributed by atoms with Gasteiger partial charge in [-0.1, -0.05) is 12.8 Å². The van der Waals surface area contributed by atoms with Crippen LogP contribution in [0.15, 0.2) is 0 Å². The molecule has 126 valence electrons. The molecule has 2 saturated heterocycles. The van der Waals surface area contributed by atoms with E-state index in [1.165, 1.54) is 25.7 Å². The highest BCUT2D eigenvalue weighted by atomic mass is 16.5. The van der Waals surface area contributed by atoms with Crippen molar-refractivity contribution in [2.24, 2.45) is 11.7 Å². The fourth-order valence-corrected chi connectivity index (χ4v) is 4.28. The minimum Gasteiger partial charge on any atom is -0.381 e. The Bertz CT molecular complexity index is 365. The van der Waals surface area contributed by atoms with Crippen LogP contribution in [0.4, 0.5) is 0 Å². The average molecular weight is 309 g/mol. The first-order chi connectivity index (χ1) is 10.8. The minimum atomic E-state index is -0.332. The van der Waals surface area contributed by atoms with E-state index in [2.05, 4.69) is 4.90 Å². The molecular formula is C17H31N3O2. The van der Waals surface area contributed by atoms with Gasteiger partial charge in [-0.25, -0.2) is 0 Å². The topological polar surface area (TPSA) is 58.8 Å². The highest BCUT2D eigenvalue weighted by molar-refractivity contribution is 5.82. The summed E-state index contributed by atoms with van der Waals surface area (Å²) < 4.78 is 5.38. The number of carbonyl (C=O) groups is 1. The Morgan fingerprint density at radius 1 is 0.955 bits per heavy atom. The normalized spacial score (nSPS) is 27.8. The van der Waals surface area contributed by atoms with Crippen LogP contribution in [0, 0.1) is 5.92 Å². The molecule has 3 fully saturated rings. The first-order valence-corrected chi connectivity index (χ1v) is 9.12. The van der Waals surface area contributed by atoms with Crippen molar-refractivity contribution in [3.8, 4) is 0 Å². The van der Waals surface area contributed by atoms with Gasteiger partial charge in [0.25, 0.3) is 0 Å². The van der Waals surface area contributed by atoms with Gasteiger partial charge in [0.2, 0.25) is 5.91 Å². The monoisotopic (exact) mass is 309 g/mol. The summed E-state index contributed by atoms with van der Waals surface area (Å²) in [5.41, 5.74) is 6.27. The second kappa shape index (κ2) is 7.75. The molecule has 0 bridgehead atoms. The van der Waals surface area contributed by atoms with Crippen molar-refractivity contribution < 1.29 is 9.53 Å². The number of hydrogen-bond donors (Lipinski definition) is 1. The van der Waals surface area contributed by atoms with Crippen LogP contribution in [-0.2, 0) is 9.53 Å². The molecule has 1 aliphatic carbocycles. The summed E-state index contributed by atoms with van der Waals surface area (Å²) >= 11 is 0. The molecule has 3 aliphatic rings. The number of nitrogens with zero attached hydrogens (tertiary/aromatic N) is 2. The quantitative estimate of drug-likeness (QED) is 0.851. The maximum Gasteiger partial charge on any atom is 0.239 e. The maximum absolute atomic E-state index is 12.7. The smallest absolute Gasteiger partial charge is 0.239 e. The largest absolute Gasteiger partial charge is 0.381 e. The van der Waals surface area contributed by atoms with E-state index < -0.39 is 0 Å².